The van der Waals surface area contributed by atoms with Crippen molar-refractivity contribution in [1.82, 2.24) is 0 Å². The van der Waals surface area contributed by atoms with Gasteiger partial charge in [-0.25, -0.2) is 0 Å². The highest BCUT2D eigenvalue weighted by Crippen LogP contribution is 2.30. The van der Waals surface area contributed by atoms with Gasteiger partial charge in [0.15, 0.2) is 16.6 Å². The molecule has 0 saturated heterocycles. The summed E-state index contributed by atoms with van der Waals surface area (Å²) < 4.78 is 15.1. The molecular weight excluding hydrogens is 322 g/mol. The Bertz CT molecular complexity index is 186. The molecule has 0 fully saturated rings. The minimum Gasteiger partial charge on any atom is -0.499 e. The van der Waals surface area contributed by atoms with E-state index >= 15 is 0 Å². The van der Waals surface area contributed by atoms with Gasteiger partial charge in [-0.05, 0) is 39.3 Å². The molecule has 0 aromatic heterocycles. The van der Waals surface area contributed by atoms with Crippen LogP contribution in [0.1, 0.15) is 0 Å². The van der Waals surface area contributed by atoms with Crippen molar-refractivity contribution in [2.75, 3.05) is 0 Å². The molecule has 0 aromatic carbocycles. The third-order valence-corrected chi connectivity index (χ3v) is 9.59. The van der Waals surface area contributed by atoms with Crippen molar-refractivity contribution in [3.63, 3.8) is 0 Å². The van der Waals surface area contributed by atoms with Gasteiger partial charge in [0.05, 0.1) is 0 Å². The summed E-state index contributed by atoms with van der Waals surface area (Å²) in [5.74, 6) is 0. The Morgan fingerprint density at radius 2 is 1.12 bits per heavy atom. The Balaban J connectivity index is 4.53. The van der Waals surface area contributed by atoms with Crippen molar-refractivity contribution in [3.8, 4) is 0 Å². The Hall–Kier alpha value is 1.72. The van der Waals surface area contributed by atoms with Crippen molar-refractivity contribution >= 4 is 66.6 Å². The molecule has 0 N–H and O–H groups in total. The van der Waals surface area contributed by atoms with Gasteiger partial charge in [-0.1, -0.05) is 34.8 Å². The molecule has 0 heterocycles. The quantitative estimate of drug-likeness (QED) is 0.559. The van der Waals surface area contributed by atoms with Gasteiger partial charge < -0.3 is 10.7 Å². The minimum absolute atomic E-state index is 1.76. The van der Waals surface area contributed by atoms with E-state index in [0.29, 0.717) is 0 Å². The Labute approximate surface area is 120 Å². The van der Waals surface area contributed by atoms with Gasteiger partial charge >= 0.3 is 15.1 Å². The fourth-order valence-electron chi connectivity index (χ4n) is 0.759. The highest BCUT2D eigenvalue weighted by molar-refractivity contribution is 6.80. The summed E-state index contributed by atoms with van der Waals surface area (Å²) in [4.78, 5) is 0. The number of alkyl halides is 3. The average molecular weight is 340 g/mol. The smallest absolute Gasteiger partial charge is 0.499 e. The average Bonchev–Trinajstić information content (AvgIpc) is 1.70. The zero-order valence-electron chi connectivity index (χ0n) is 10.4. The second-order valence-corrected chi connectivity index (χ2v) is 18.6. The van der Waals surface area contributed by atoms with E-state index in [1.165, 1.54) is 0 Å². The number of halogens is 3. The van der Waals surface area contributed by atoms with Crippen LogP contribution < -0.4 is 0 Å². The Kier molecular flexibility index (Phi) is 6.91. The maximum Gasteiger partial charge on any atom is 0.886 e. The van der Waals surface area contributed by atoms with Gasteiger partial charge in [-0.2, -0.15) is 0 Å². The summed E-state index contributed by atoms with van der Waals surface area (Å²) in [5.41, 5.74) is 0. The number of rotatable bonds is 5. The Morgan fingerprint density at radius 3 is 1.31 bits per heavy atom. The number of hydrogen-bond acceptors (Lipinski definition) is 3. The van der Waals surface area contributed by atoms with Gasteiger partial charge in [0.1, 0.15) is 0 Å². The fourth-order valence-corrected chi connectivity index (χ4v) is 7.26. The van der Waals surface area contributed by atoms with Gasteiger partial charge in [0.2, 0.25) is 0 Å². The molecule has 96 valence electrons. The van der Waals surface area contributed by atoms with Crippen molar-refractivity contribution < 1.29 is 10.7 Å². The molecule has 0 aliphatic rings. The summed E-state index contributed by atoms with van der Waals surface area (Å²) in [5, 5.41) is 0. The summed E-state index contributed by atoms with van der Waals surface area (Å²) in [6.07, 6.45) is 0. The van der Waals surface area contributed by atoms with E-state index in [1.807, 2.05) is 39.3 Å². The van der Waals surface area contributed by atoms with E-state index in [9.17, 15) is 0 Å². The molecule has 0 aliphatic carbocycles. The van der Waals surface area contributed by atoms with Crippen LogP contribution in [-0.2, 0) is 10.7 Å². The molecule has 0 radical (unpaired) electrons. The lowest BCUT2D eigenvalue weighted by Gasteiger charge is -2.29. The lowest BCUT2D eigenvalue weighted by atomic mass is 11.7. The summed E-state index contributed by atoms with van der Waals surface area (Å²) in [7, 11) is -3.52. The predicted octanol–water partition coefficient (Wildman–Crippen LogP) is 4.02. The Morgan fingerprint density at radius 1 is 0.812 bits per heavy atom. The SMILES string of the molecule is C[Si](C)(C)[O][Al]([O]C(Cl)(Cl)Cl)[O][Si](C)(C)C. The molecule has 3 nitrogen and oxygen atoms in total. The summed E-state index contributed by atoms with van der Waals surface area (Å²) in [6, 6.07) is 0. The van der Waals surface area contributed by atoms with Crippen LogP contribution in [0.4, 0.5) is 0 Å². The molecule has 0 spiro atoms. The first-order chi connectivity index (χ1) is 6.79. The maximum absolute atomic E-state index is 5.80. The molecule has 0 aliphatic heterocycles. The van der Waals surface area contributed by atoms with Crippen LogP contribution in [0, 0.1) is 0 Å². The molecule has 0 atom stereocenters. The normalized spacial score (nSPS) is 14.1. The lowest BCUT2D eigenvalue weighted by Crippen LogP contribution is -2.46. The van der Waals surface area contributed by atoms with Gasteiger partial charge in [0, 0.05) is 0 Å². The molecule has 0 aromatic rings. The standard InChI is InChI=1S/2C3H9OSi.CCl3O.Al/c2*1-5(2,3)4;2-1(3,4)5;/h2*1-3H3;;/q3*-1;+3. The zero-order valence-corrected chi connectivity index (χ0v) is 15.9. The van der Waals surface area contributed by atoms with Crippen molar-refractivity contribution in [2.45, 2.75) is 43.3 Å². The summed E-state index contributed by atoms with van der Waals surface area (Å²) in [6.45, 7) is 12.3. The second kappa shape index (κ2) is 6.24. The van der Waals surface area contributed by atoms with E-state index in [-0.39, 0.29) is 0 Å². The van der Waals surface area contributed by atoms with E-state index in [0.717, 1.165) is 0 Å². The van der Waals surface area contributed by atoms with Crippen LogP contribution in [0.5, 0.6) is 0 Å². The third kappa shape index (κ3) is 12.2. The van der Waals surface area contributed by atoms with E-state index in [4.69, 9.17) is 45.5 Å². The first-order valence-corrected chi connectivity index (χ1v) is 14.3. The molecule has 0 bridgehead atoms. The lowest BCUT2D eigenvalue weighted by molar-refractivity contribution is 0.195. The molecule has 0 rings (SSSR count). The van der Waals surface area contributed by atoms with Gasteiger partial charge in [-0.3, -0.25) is 0 Å². The van der Waals surface area contributed by atoms with Crippen LogP contribution in [0.3, 0.4) is 0 Å². The topological polar surface area (TPSA) is 27.7 Å². The van der Waals surface area contributed by atoms with E-state index < -0.39 is 35.8 Å². The molecule has 0 unspecified atom stereocenters. The number of hydrogen-bond donors (Lipinski definition) is 0. The minimum atomic E-state index is -2.38. The second-order valence-electron chi connectivity index (χ2n) is 5.31. The van der Waals surface area contributed by atoms with Crippen LogP contribution in [-0.4, -0.2) is 35.8 Å². The molecule has 0 saturated carbocycles. The molecular formula is C7H18AlCl3O3Si2. The molecule has 16 heavy (non-hydrogen) atoms. The van der Waals surface area contributed by atoms with Crippen LogP contribution >= 0.6 is 34.8 Å². The van der Waals surface area contributed by atoms with Crippen LogP contribution in [0.2, 0.25) is 39.3 Å². The highest BCUT2D eigenvalue weighted by atomic mass is 35.6. The van der Waals surface area contributed by atoms with Gasteiger partial charge in [-0.15, -0.1) is 0 Å². The first kappa shape index (κ1) is 17.7. The highest BCUT2D eigenvalue weighted by Gasteiger charge is 2.45. The van der Waals surface area contributed by atoms with Crippen molar-refractivity contribution in [2.24, 2.45) is 0 Å². The third-order valence-electron chi connectivity index (χ3n) is 1.13. The van der Waals surface area contributed by atoms with E-state index in [1.54, 1.807) is 0 Å². The first-order valence-electron chi connectivity index (χ1n) is 4.89. The maximum atomic E-state index is 5.80. The van der Waals surface area contributed by atoms with Crippen LogP contribution in [0.15, 0.2) is 0 Å². The largest absolute Gasteiger partial charge is 0.886 e. The fraction of sp³-hybridized carbons (Fsp3) is 1.00. The molecule has 0 amide bonds. The van der Waals surface area contributed by atoms with Crippen molar-refractivity contribution in [1.29, 1.82) is 0 Å². The van der Waals surface area contributed by atoms with Crippen molar-refractivity contribution in [3.05, 3.63) is 0 Å². The van der Waals surface area contributed by atoms with E-state index in [2.05, 4.69) is 0 Å². The van der Waals surface area contributed by atoms with Crippen LogP contribution in [0.25, 0.3) is 0 Å². The molecule has 9 heteroatoms. The predicted molar refractivity (Wildman–Crippen MR) is 76.0 cm³/mol. The monoisotopic (exact) mass is 338 g/mol. The van der Waals surface area contributed by atoms with Gasteiger partial charge in [0.25, 0.3) is 3.98 Å². The zero-order chi connectivity index (χ0) is 13.2. The summed E-state index contributed by atoms with van der Waals surface area (Å²) >= 11 is 14.4.